The van der Waals surface area contributed by atoms with E-state index in [4.69, 9.17) is 0 Å². The molecule has 0 amide bonds. The summed E-state index contributed by atoms with van der Waals surface area (Å²) in [4.78, 5) is 1.98. The largest absolute Gasteiger partial charge is 0.416 e. The molecule has 2 rings (SSSR count). The summed E-state index contributed by atoms with van der Waals surface area (Å²) in [6.07, 6.45) is -3.30. The summed E-state index contributed by atoms with van der Waals surface area (Å²) in [7, 11) is 1.88. The molecule has 1 N–H and O–H groups in total. The van der Waals surface area contributed by atoms with Crippen molar-refractivity contribution in [2.75, 3.05) is 25.0 Å². The Morgan fingerprint density at radius 2 is 2.12 bits per heavy atom. The second kappa shape index (κ2) is 4.56. The van der Waals surface area contributed by atoms with Crippen LogP contribution in [0.2, 0.25) is 0 Å². The number of hydrogen-bond acceptors (Lipinski definition) is 2. The third-order valence-electron chi connectivity index (χ3n) is 3.14. The van der Waals surface area contributed by atoms with Crippen LogP contribution in [0, 0.1) is 0 Å². The van der Waals surface area contributed by atoms with Crippen molar-refractivity contribution in [2.45, 2.75) is 18.6 Å². The molecular weight excluding hydrogens is 229 g/mol. The molecule has 5 heteroatoms. The van der Waals surface area contributed by atoms with Crippen LogP contribution in [0.5, 0.6) is 0 Å². The highest BCUT2D eigenvalue weighted by molar-refractivity contribution is 5.50. The number of benzene rings is 1. The zero-order chi connectivity index (χ0) is 12.5. The summed E-state index contributed by atoms with van der Waals surface area (Å²) < 4.78 is 37.7. The summed E-state index contributed by atoms with van der Waals surface area (Å²) in [6.45, 7) is 1.56. The van der Waals surface area contributed by atoms with Gasteiger partial charge in [-0.15, -0.1) is 0 Å². The highest BCUT2D eigenvalue weighted by Gasteiger charge is 2.31. The second-order valence-electron chi connectivity index (χ2n) is 4.27. The molecule has 0 radical (unpaired) electrons. The van der Waals surface area contributed by atoms with E-state index in [-0.39, 0.29) is 0 Å². The molecule has 2 nitrogen and oxygen atoms in total. The Bertz CT molecular complexity index is 390. The maximum Gasteiger partial charge on any atom is 0.416 e. The Morgan fingerprint density at radius 1 is 1.35 bits per heavy atom. The third-order valence-corrected chi connectivity index (χ3v) is 3.14. The molecule has 0 aromatic heterocycles. The first-order chi connectivity index (χ1) is 8.00. The standard InChI is InChI=1S/C12H15F3N2/c1-16-10-5-6-17(8-10)11-4-2-3-9(7-11)12(13,14)15/h2-4,7,10,16H,5-6,8H2,1H3/t10-/m0/s1. The van der Waals surface area contributed by atoms with Crippen LogP contribution in [0.4, 0.5) is 18.9 Å². The fourth-order valence-electron chi connectivity index (χ4n) is 2.11. The smallest absolute Gasteiger partial charge is 0.370 e. The van der Waals surface area contributed by atoms with E-state index in [1.165, 1.54) is 12.1 Å². The number of alkyl halides is 3. The molecule has 0 bridgehead atoms. The lowest BCUT2D eigenvalue weighted by Gasteiger charge is -2.20. The van der Waals surface area contributed by atoms with E-state index in [1.807, 2.05) is 11.9 Å². The lowest BCUT2D eigenvalue weighted by Crippen LogP contribution is -2.29. The quantitative estimate of drug-likeness (QED) is 0.860. The summed E-state index contributed by atoms with van der Waals surface area (Å²) in [5.41, 5.74) is 0.0699. The van der Waals surface area contributed by atoms with Crippen molar-refractivity contribution in [2.24, 2.45) is 0 Å². The molecule has 1 atom stereocenters. The van der Waals surface area contributed by atoms with Crippen molar-refractivity contribution in [3.63, 3.8) is 0 Å². The van der Waals surface area contributed by atoms with Gasteiger partial charge in [0.1, 0.15) is 0 Å². The number of halogens is 3. The molecule has 0 spiro atoms. The van der Waals surface area contributed by atoms with Crippen LogP contribution < -0.4 is 10.2 Å². The average Bonchev–Trinajstić information content (AvgIpc) is 2.76. The van der Waals surface area contributed by atoms with Gasteiger partial charge in [-0.3, -0.25) is 0 Å². The fraction of sp³-hybridized carbons (Fsp3) is 0.500. The molecule has 17 heavy (non-hydrogen) atoms. The van der Waals surface area contributed by atoms with E-state index in [9.17, 15) is 13.2 Å². The van der Waals surface area contributed by atoms with Crippen molar-refractivity contribution in [1.82, 2.24) is 5.32 Å². The van der Waals surface area contributed by atoms with E-state index in [1.54, 1.807) is 6.07 Å². The monoisotopic (exact) mass is 244 g/mol. The van der Waals surface area contributed by atoms with Crippen LogP contribution in [0.3, 0.4) is 0 Å². The molecule has 1 aliphatic rings. The first-order valence-electron chi connectivity index (χ1n) is 5.60. The number of nitrogens with zero attached hydrogens (tertiary/aromatic N) is 1. The van der Waals surface area contributed by atoms with Crippen LogP contribution in [-0.4, -0.2) is 26.2 Å². The zero-order valence-electron chi connectivity index (χ0n) is 9.59. The van der Waals surface area contributed by atoms with E-state index in [0.717, 1.165) is 25.6 Å². The van der Waals surface area contributed by atoms with Crippen molar-refractivity contribution in [3.8, 4) is 0 Å². The highest BCUT2D eigenvalue weighted by Crippen LogP contribution is 2.32. The Morgan fingerprint density at radius 3 is 2.71 bits per heavy atom. The van der Waals surface area contributed by atoms with Gasteiger partial charge in [0.25, 0.3) is 0 Å². The molecule has 94 valence electrons. The first kappa shape index (κ1) is 12.2. The Labute approximate surface area is 98.4 Å². The SMILES string of the molecule is CN[C@H]1CCN(c2cccc(C(F)(F)F)c2)C1. The minimum absolute atomic E-state index is 0.365. The number of rotatable bonds is 2. The van der Waals surface area contributed by atoms with Gasteiger partial charge in [0.15, 0.2) is 0 Å². The average molecular weight is 244 g/mol. The Hall–Kier alpha value is -1.23. The van der Waals surface area contributed by atoms with Gasteiger partial charge in [0.05, 0.1) is 5.56 Å². The maximum absolute atomic E-state index is 12.6. The number of anilines is 1. The predicted molar refractivity (Wildman–Crippen MR) is 61.1 cm³/mol. The van der Waals surface area contributed by atoms with Crippen LogP contribution >= 0.6 is 0 Å². The number of nitrogens with one attached hydrogen (secondary N) is 1. The van der Waals surface area contributed by atoms with Gasteiger partial charge in [-0.05, 0) is 31.7 Å². The number of likely N-dealkylation sites (N-methyl/N-ethyl adjacent to an activating group) is 1. The van der Waals surface area contributed by atoms with Crippen LogP contribution in [-0.2, 0) is 6.18 Å². The lowest BCUT2D eigenvalue weighted by atomic mass is 10.2. The maximum atomic E-state index is 12.6. The lowest BCUT2D eigenvalue weighted by molar-refractivity contribution is -0.137. The topological polar surface area (TPSA) is 15.3 Å². The van der Waals surface area contributed by atoms with Gasteiger partial charge in [0.2, 0.25) is 0 Å². The molecule has 0 unspecified atom stereocenters. The highest BCUT2D eigenvalue weighted by atomic mass is 19.4. The summed E-state index contributed by atoms with van der Waals surface area (Å²) in [6, 6.07) is 5.88. The summed E-state index contributed by atoms with van der Waals surface area (Å²) >= 11 is 0. The summed E-state index contributed by atoms with van der Waals surface area (Å²) in [5, 5.41) is 3.14. The van der Waals surface area contributed by atoms with E-state index in [2.05, 4.69) is 5.32 Å². The molecular formula is C12H15F3N2. The minimum atomic E-state index is -4.27. The molecule has 1 aromatic carbocycles. The Kier molecular flexibility index (Phi) is 3.28. The van der Waals surface area contributed by atoms with Gasteiger partial charge in [-0.25, -0.2) is 0 Å². The molecule has 1 saturated heterocycles. The van der Waals surface area contributed by atoms with E-state index in [0.29, 0.717) is 11.7 Å². The molecule has 1 fully saturated rings. The zero-order valence-corrected chi connectivity index (χ0v) is 9.59. The van der Waals surface area contributed by atoms with E-state index >= 15 is 0 Å². The molecule has 0 saturated carbocycles. The fourth-order valence-corrected chi connectivity index (χ4v) is 2.11. The molecule has 1 aliphatic heterocycles. The number of hydrogen-bond donors (Lipinski definition) is 1. The second-order valence-corrected chi connectivity index (χ2v) is 4.27. The summed E-state index contributed by atoms with van der Waals surface area (Å²) in [5.74, 6) is 0. The Balaban J connectivity index is 2.17. The van der Waals surface area contributed by atoms with Crippen LogP contribution in [0.1, 0.15) is 12.0 Å². The normalized spacial score (nSPS) is 20.9. The molecule has 1 heterocycles. The van der Waals surface area contributed by atoms with Gasteiger partial charge < -0.3 is 10.2 Å². The van der Waals surface area contributed by atoms with Crippen molar-refractivity contribution >= 4 is 5.69 Å². The van der Waals surface area contributed by atoms with E-state index < -0.39 is 11.7 Å². The molecule has 0 aliphatic carbocycles. The van der Waals surface area contributed by atoms with Gasteiger partial charge in [0, 0.05) is 24.8 Å². The minimum Gasteiger partial charge on any atom is -0.370 e. The van der Waals surface area contributed by atoms with Crippen molar-refractivity contribution in [3.05, 3.63) is 29.8 Å². The van der Waals surface area contributed by atoms with Gasteiger partial charge >= 0.3 is 6.18 Å². The van der Waals surface area contributed by atoms with Gasteiger partial charge in [-0.2, -0.15) is 13.2 Å². The van der Waals surface area contributed by atoms with Gasteiger partial charge in [-0.1, -0.05) is 6.07 Å². The van der Waals surface area contributed by atoms with Crippen molar-refractivity contribution < 1.29 is 13.2 Å². The third kappa shape index (κ3) is 2.72. The van der Waals surface area contributed by atoms with Crippen LogP contribution in [0.15, 0.2) is 24.3 Å². The van der Waals surface area contributed by atoms with Crippen molar-refractivity contribution in [1.29, 1.82) is 0 Å². The molecule has 1 aromatic rings. The predicted octanol–water partition coefficient (Wildman–Crippen LogP) is 2.50. The van der Waals surface area contributed by atoms with Crippen LogP contribution in [0.25, 0.3) is 0 Å². The first-order valence-corrected chi connectivity index (χ1v) is 5.60.